The lowest BCUT2D eigenvalue weighted by atomic mass is 10.1. The van der Waals surface area contributed by atoms with E-state index in [1.165, 1.54) is 0 Å². The van der Waals surface area contributed by atoms with Gasteiger partial charge in [-0.2, -0.15) is 0 Å². The summed E-state index contributed by atoms with van der Waals surface area (Å²) in [5.41, 5.74) is 0.959. The molecule has 0 aliphatic heterocycles. The number of rotatable bonds is 5. The molecule has 0 fully saturated rings. The van der Waals surface area contributed by atoms with Crippen LogP contribution in [0.25, 0.3) is 0 Å². The Hall–Kier alpha value is -1.02. The van der Waals surface area contributed by atoms with Gasteiger partial charge in [0.2, 0.25) is 5.91 Å². The van der Waals surface area contributed by atoms with Crippen molar-refractivity contribution in [3.63, 3.8) is 0 Å². The maximum Gasteiger partial charge on any atom is 0.223 e. The van der Waals surface area contributed by atoms with Gasteiger partial charge in [-0.1, -0.05) is 50.1 Å². The number of benzene rings is 1. The van der Waals surface area contributed by atoms with Crippen molar-refractivity contribution in [2.75, 3.05) is 0 Å². The van der Waals surface area contributed by atoms with Gasteiger partial charge in [0.1, 0.15) is 0 Å². The number of nitrogens with one attached hydrogen (secondary N) is 1. The van der Waals surface area contributed by atoms with Crippen LogP contribution in [0.2, 0.25) is 5.02 Å². The van der Waals surface area contributed by atoms with Crippen LogP contribution < -0.4 is 5.32 Å². The smallest absolute Gasteiger partial charge is 0.223 e. The summed E-state index contributed by atoms with van der Waals surface area (Å²) >= 11 is 6.00. The van der Waals surface area contributed by atoms with Crippen molar-refractivity contribution in [3.05, 3.63) is 34.9 Å². The van der Waals surface area contributed by atoms with Crippen LogP contribution in [-0.4, -0.2) is 5.91 Å². The Kier molecular flexibility index (Phi) is 5.33. The molecule has 0 radical (unpaired) electrons. The molecule has 3 heteroatoms. The highest BCUT2D eigenvalue weighted by atomic mass is 35.5. The summed E-state index contributed by atoms with van der Waals surface area (Å²) in [7, 11) is 0. The van der Waals surface area contributed by atoms with Crippen LogP contribution in [0.15, 0.2) is 24.3 Å². The van der Waals surface area contributed by atoms with Gasteiger partial charge < -0.3 is 5.32 Å². The van der Waals surface area contributed by atoms with Crippen LogP contribution in [0.3, 0.4) is 0 Å². The lowest BCUT2D eigenvalue weighted by molar-refractivity contribution is -0.124. The largest absolute Gasteiger partial charge is 0.352 e. The van der Waals surface area contributed by atoms with Crippen molar-refractivity contribution < 1.29 is 4.79 Å². The van der Waals surface area contributed by atoms with Crippen LogP contribution in [-0.2, 0) is 11.3 Å². The Morgan fingerprint density at radius 2 is 2.12 bits per heavy atom. The fraction of sp³-hybridized carbons (Fsp3) is 0.462. The van der Waals surface area contributed by atoms with E-state index in [1.54, 1.807) is 0 Å². The summed E-state index contributed by atoms with van der Waals surface area (Å²) in [6, 6.07) is 7.56. The van der Waals surface area contributed by atoms with Crippen molar-refractivity contribution in [2.45, 2.75) is 33.2 Å². The predicted molar refractivity (Wildman–Crippen MR) is 67.4 cm³/mol. The van der Waals surface area contributed by atoms with E-state index in [-0.39, 0.29) is 11.8 Å². The van der Waals surface area contributed by atoms with E-state index in [1.807, 2.05) is 31.2 Å². The quantitative estimate of drug-likeness (QED) is 0.839. The number of hydrogen-bond acceptors (Lipinski definition) is 1. The van der Waals surface area contributed by atoms with Crippen LogP contribution in [0.5, 0.6) is 0 Å². The molecule has 0 saturated carbocycles. The van der Waals surface area contributed by atoms with Crippen LogP contribution in [0.1, 0.15) is 32.3 Å². The molecule has 0 aliphatic rings. The van der Waals surface area contributed by atoms with Gasteiger partial charge in [0.05, 0.1) is 0 Å². The van der Waals surface area contributed by atoms with E-state index in [0.29, 0.717) is 11.6 Å². The van der Waals surface area contributed by atoms with Gasteiger partial charge in [-0.05, 0) is 18.1 Å². The van der Waals surface area contributed by atoms with E-state index in [9.17, 15) is 4.79 Å². The number of carbonyl (C=O) groups excluding carboxylic acids is 1. The topological polar surface area (TPSA) is 29.1 Å². The molecule has 0 aliphatic carbocycles. The second-order valence-corrected chi connectivity index (χ2v) is 4.41. The fourth-order valence-electron chi connectivity index (χ4n) is 1.56. The molecule has 0 saturated heterocycles. The first-order valence-corrected chi connectivity index (χ1v) is 6.04. The minimum Gasteiger partial charge on any atom is -0.352 e. The maximum absolute atomic E-state index is 11.7. The van der Waals surface area contributed by atoms with Gasteiger partial charge in [0, 0.05) is 17.5 Å². The number of hydrogen-bond donors (Lipinski definition) is 1. The highest BCUT2D eigenvalue weighted by molar-refractivity contribution is 6.31. The van der Waals surface area contributed by atoms with Crippen molar-refractivity contribution in [1.82, 2.24) is 5.32 Å². The van der Waals surface area contributed by atoms with E-state index in [0.717, 1.165) is 18.4 Å². The summed E-state index contributed by atoms with van der Waals surface area (Å²) in [6.07, 6.45) is 1.95. The van der Waals surface area contributed by atoms with Crippen molar-refractivity contribution in [3.8, 4) is 0 Å². The van der Waals surface area contributed by atoms with Gasteiger partial charge in [-0.3, -0.25) is 4.79 Å². The van der Waals surface area contributed by atoms with Gasteiger partial charge in [0.25, 0.3) is 0 Å². The van der Waals surface area contributed by atoms with E-state index < -0.39 is 0 Å². The van der Waals surface area contributed by atoms with Gasteiger partial charge in [0.15, 0.2) is 0 Å². The number of amides is 1. The van der Waals surface area contributed by atoms with Crippen molar-refractivity contribution >= 4 is 17.5 Å². The minimum atomic E-state index is 0.0764. The highest BCUT2D eigenvalue weighted by Gasteiger charge is 2.11. The molecule has 88 valence electrons. The van der Waals surface area contributed by atoms with Gasteiger partial charge in [-0.25, -0.2) is 0 Å². The Labute approximate surface area is 102 Å². The molecule has 1 rings (SSSR count). The van der Waals surface area contributed by atoms with Crippen LogP contribution in [0.4, 0.5) is 0 Å². The molecule has 0 bridgehead atoms. The first-order chi connectivity index (χ1) is 7.65. The first kappa shape index (κ1) is 13.0. The van der Waals surface area contributed by atoms with Gasteiger partial charge >= 0.3 is 0 Å². The molecule has 1 atom stereocenters. The summed E-state index contributed by atoms with van der Waals surface area (Å²) in [6.45, 7) is 4.54. The number of carbonyl (C=O) groups is 1. The molecule has 16 heavy (non-hydrogen) atoms. The average molecular weight is 240 g/mol. The highest BCUT2D eigenvalue weighted by Crippen LogP contribution is 2.14. The summed E-state index contributed by atoms with van der Waals surface area (Å²) in [5.74, 6) is 0.175. The van der Waals surface area contributed by atoms with Crippen molar-refractivity contribution in [2.24, 2.45) is 5.92 Å². The lowest BCUT2D eigenvalue weighted by Crippen LogP contribution is -2.28. The van der Waals surface area contributed by atoms with Gasteiger partial charge in [-0.15, -0.1) is 0 Å². The molecule has 1 amide bonds. The van der Waals surface area contributed by atoms with E-state index in [4.69, 9.17) is 11.6 Å². The van der Waals surface area contributed by atoms with E-state index in [2.05, 4.69) is 12.2 Å². The third-order valence-electron chi connectivity index (χ3n) is 2.58. The first-order valence-electron chi connectivity index (χ1n) is 5.66. The monoisotopic (exact) mass is 239 g/mol. The average Bonchev–Trinajstić information content (AvgIpc) is 2.28. The Morgan fingerprint density at radius 3 is 2.75 bits per heavy atom. The minimum absolute atomic E-state index is 0.0764. The Balaban J connectivity index is 2.46. The summed E-state index contributed by atoms with van der Waals surface area (Å²) in [4.78, 5) is 11.7. The third kappa shape index (κ3) is 3.86. The second kappa shape index (κ2) is 6.54. The Bertz CT molecular complexity index is 352. The molecule has 1 aromatic rings. The molecule has 0 spiro atoms. The molecule has 0 aromatic heterocycles. The lowest BCUT2D eigenvalue weighted by Gasteiger charge is -2.11. The SMILES string of the molecule is CCC[C@H](C)C(=O)NCc1ccccc1Cl. The summed E-state index contributed by atoms with van der Waals surface area (Å²) < 4.78 is 0. The predicted octanol–water partition coefficient (Wildman–Crippen LogP) is 3.39. The summed E-state index contributed by atoms with van der Waals surface area (Å²) in [5, 5.41) is 3.60. The zero-order valence-electron chi connectivity index (χ0n) is 9.79. The third-order valence-corrected chi connectivity index (χ3v) is 2.95. The molecule has 0 heterocycles. The zero-order chi connectivity index (χ0) is 12.0. The van der Waals surface area contributed by atoms with E-state index >= 15 is 0 Å². The molecule has 0 unspecified atom stereocenters. The fourth-order valence-corrected chi connectivity index (χ4v) is 1.76. The maximum atomic E-state index is 11.7. The zero-order valence-corrected chi connectivity index (χ0v) is 10.6. The Morgan fingerprint density at radius 1 is 1.44 bits per heavy atom. The normalized spacial score (nSPS) is 12.2. The molecular weight excluding hydrogens is 222 g/mol. The molecular formula is C13H18ClNO. The molecule has 1 aromatic carbocycles. The van der Waals surface area contributed by atoms with Crippen LogP contribution >= 0.6 is 11.6 Å². The molecule has 2 nitrogen and oxygen atoms in total. The standard InChI is InChI=1S/C13H18ClNO/c1-3-6-10(2)13(16)15-9-11-7-4-5-8-12(11)14/h4-5,7-8,10H,3,6,9H2,1-2H3,(H,15,16)/t10-/m0/s1. The van der Waals surface area contributed by atoms with Crippen molar-refractivity contribution in [1.29, 1.82) is 0 Å². The molecule has 1 N–H and O–H groups in total. The number of halogens is 1. The van der Waals surface area contributed by atoms with Crippen LogP contribution in [0, 0.1) is 5.92 Å². The second-order valence-electron chi connectivity index (χ2n) is 4.00.